The highest BCUT2D eigenvalue weighted by molar-refractivity contribution is 5.98. The molecule has 5 atom stereocenters. The van der Waals surface area contributed by atoms with Crippen LogP contribution < -0.4 is 0 Å². The van der Waals surface area contributed by atoms with Gasteiger partial charge in [0.1, 0.15) is 23.8 Å². The lowest BCUT2D eigenvalue weighted by Crippen LogP contribution is -2.56. The summed E-state index contributed by atoms with van der Waals surface area (Å²) in [5, 5.41) is 18.0. The average Bonchev–Trinajstić information content (AvgIpc) is 3.70. The predicted molar refractivity (Wildman–Crippen MR) is 145 cm³/mol. The summed E-state index contributed by atoms with van der Waals surface area (Å²) in [5.74, 6) is -2.63. The molecule has 3 aliphatic heterocycles. The number of rotatable bonds is 14. The minimum Gasteiger partial charge on any atom is -0.465 e. The fourth-order valence-corrected chi connectivity index (χ4v) is 6.57. The van der Waals surface area contributed by atoms with Crippen molar-refractivity contribution in [2.45, 2.75) is 62.9 Å². The maximum absolute atomic E-state index is 14.3. The summed E-state index contributed by atoms with van der Waals surface area (Å²) in [7, 11) is 0. The molecular formula is C29H37N5O6. The molecule has 11 heteroatoms. The van der Waals surface area contributed by atoms with Crippen LogP contribution in [0, 0.1) is 11.8 Å². The number of ether oxygens (including phenoxy) is 2. The smallest absolute Gasteiger partial charge is 0.312 e. The van der Waals surface area contributed by atoms with Crippen LogP contribution in [0.4, 0.5) is 0 Å². The Labute approximate surface area is 233 Å². The number of aliphatic hydroxyl groups is 1. The molecule has 0 aliphatic carbocycles. The number of aromatic nitrogens is 3. The lowest BCUT2D eigenvalue weighted by molar-refractivity contribution is -0.155. The number of aliphatic hydroxyl groups excluding tert-OH is 1. The molecule has 2 unspecified atom stereocenters. The van der Waals surface area contributed by atoms with Crippen LogP contribution in [0.25, 0.3) is 11.0 Å². The zero-order valence-electron chi connectivity index (χ0n) is 22.7. The van der Waals surface area contributed by atoms with Gasteiger partial charge in [0.05, 0.1) is 30.1 Å². The van der Waals surface area contributed by atoms with E-state index in [1.54, 1.807) is 15.7 Å². The first kappa shape index (κ1) is 28.0. The summed E-state index contributed by atoms with van der Waals surface area (Å²) < 4.78 is 13.7. The van der Waals surface area contributed by atoms with E-state index < -0.39 is 35.6 Å². The number of benzene rings is 1. The van der Waals surface area contributed by atoms with Gasteiger partial charge in [-0.3, -0.25) is 14.4 Å². The van der Waals surface area contributed by atoms with Gasteiger partial charge in [0, 0.05) is 19.7 Å². The maximum atomic E-state index is 14.3. The summed E-state index contributed by atoms with van der Waals surface area (Å²) >= 11 is 0. The highest BCUT2D eigenvalue weighted by atomic mass is 16.6. The molecule has 2 aromatic rings. The van der Waals surface area contributed by atoms with Crippen LogP contribution in [-0.2, 0) is 30.5 Å². The third-order valence-corrected chi connectivity index (χ3v) is 8.30. The number of unbranched alkanes of at least 4 members (excludes halogenated alkanes) is 2. The Balaban J connectivity index is 1.42. The van der Waals surface area contributed by atoms with E-state index in [1.807, 2.05) is 30.3 Å². The maximum Gasteiger partial charge on any atom is 0.312 e. The van der Waals surface area contributed by atoms with Gasteiger partial charge in [-0.15, -0.1) is 18.3 Å². The molecule has 214 valence electrons. The highest BCUT2D eigenvalue weighted by Gasteiger charge is 2.75. The molecule has 2 amide bonds. The number of nitrogens with zero attached hydrogens (tertiary/aromatic N) is 5. The number of para-hydroxylation sites is 1. The summed E-state index contributed by atoms with van der Waals surface area (Å²) in [6, 6.07) is 6.52. The van der Waals surface area contributed by atoms with Gasteiger partial charge >= 0.3 is 5.97 Å². The summed E-state index contributed by atoms with van der Waals surface area (Å²) in [5.41, 5.74) is 0.343. The van der Waals surface area contributed by atoms with Crippen LogP contribution in [0.5, 0.6) is 0 Å². The normalized spacial score (nSPS) is 26.7. The molecule has 0 radical (unpaired) electrons. The van der Waals surface area contributed by atoms with Gasteiger partial charge in [-0.05, 0) is 50.7 Å². The zero-order valence-corrected chi connectivity index (χ0v) is 22.7. The molecule has 5 rings (SSSR count). The van der Waals surface area contributed by atoms with E-state index in [0.717, 1.165) is 18.4 Å². The molecule has 1 N–H and O–H groups in total. The fraction of sp³-hybridized carbons (Fsp3) is 0.552. The Kier molecular flexibility index (Phi) is 8.32. The number of hydrogen-bond donors (Lipinski definition) is 1. The standard InChI is InChI=1S/C29H37N5O6/c1-3-5-6-9-18-39-28(38)23-22-13-14-29(40-22)24(23)26(36)33(16-10-17-35)25(29)27(37)32(15-4-2)19-34-21-12-8-7-11-20(21)30-31-34/h3-4,7-8,11-12,22-25,35H,1-2,5-6,9-10,13-19H2/t22-,23+,24+,25?,29?/m1/s1. The number of hydrogen-bond acceptors (Lipinski definition) is 8. The van der Waals surface area contributed by atoms with E-state index in [0.29, 0.717) is 31.2 Å². The Hall–Kier alpha value is -3.57. The van der Waals surface area contributed by atoms with Crippen molar-refractivity contribution >= 4 is 28.8 Å². The van der Waals surface area contributed by atoms with Crippen molar-refractivity contribution < 1.29 is 29.0 Å². The van der Waals surface area contributed by atoms with Crippen LogP contribution in [0.1, 0.15) is 38.5 Å². The topological polar surface area (TPSA) is 127 Å². The third kappa shape index (κ3) is 4.81. The molecular weight excluding hydrogens is 514 g/mol. The van der Waals surface area contributed by atoms with Crippen LogP contribution in [0.15, 0.2) is 49.6 Å². The molecule has 3 fully saturated rings. The zero-order chi connectivity index (χ0) is 28.3. The molecule has 1 spiro atoms. The van der Waals surface area contributed by atoms with E-state index in [2.05, 4.69) is 23.5 Å². The lowest BCUT2D eigenvalue weighted by atomic mass is 9.70. The van der Waals surface area contributed by atoms with E-state index in [1.165, 1.54) is 4.90 Å². The van der Waals surface area contributed by atoms with Gasteiger partial charge < -0.3 is 24.4 Å². The first-order valence-corrected chi connectivity index (χ1v) is 14.0. The monoisotopic (exact) mass is 551 g/mol. The minimum absolute atomic E-state index is 0.101. The average molecular weight is 552 g/mol. The van der Waals surface area contributed by atoms with E-state index in [9.17, 15) is 19.5 Å². The second-order valence-electron chi connectivity index (χ2n) is 10.7. The number of amides is 2. The third-order valence-electron chi connectivity index (χ3n) is 8.30. The summed E-state index contributed by atoms with van der Waals surface area (Å²) in [4.78, 5) is 44.6. The molecule has 40 heavy (non-hydrogen) atoms. The van der Waals surface area contributed by atoms with Crippen LogP contribution in [-0.4, -0.2) is 91.7 Å². The number of carbonyl (C=O) groups is 3. The molecule has 3 saturated heterocycles. The number of fused-ring (bicyclic) bond motifs is 2. The Morgan fingerprint density at radius 2 is 2.05 bits per heavy atom. The SMILES string of the molecule is C=CCCCCOC(=O)[C@@H]1[C@H]2C(=O)N(CCCO)C(C(=O)N(CC=C)Cn3nnc4ccccc43)C23CC[C@H]1O3. The molecule has 2 bridgehead atoms. The number of allylic oxidation sites excluding steroid dienone is 1. The molecule has 1 aromatic carbocycles. The quantitative estimate of drug-likeness (QED) is 0.215. The molecule has 4 heterocycles. The largest absolute Gasteiger partial charge is 0.465 e. The van der Waals surface area contributed by atoms with Crippen LogP contribution >= 0.6 is 0 Å². The van der Waals surface area contributed by atoms with Crippen LogP contribution in [0.3, 0.4) is 0 Å². The summed E-state index contributed by atoms with van der Waals surface area (Å²) in [6.07, 6.45) is 6.73. The molecule has 0 saturated carbocycles. The van der Waals surface area contributed by atoms with Crippen molar-refractivity contribution in [3.63, 3.8) is 0 Å². The van der Waals surface area contributed by atoms with Gasteiger partial charge in [0.25, 0.3) is 0 Å². The first-order chi connectivity index (χ1) is 19.5. The van der Waals surface area contributed by atoms with Crippen molar-refractivity contribution in [1.82, 2.24) is 24.8 Å². The van der Waals surface area contributed by atoms with Crippen molar-refractivity contribution in [1.29, 1.82) is 0 Å². The van der Waals surface area contributed by atoms with Gasteiger partial charge in [0.2, 0.25) is 11.8 Å². The summed E-state index contributed by atoms with van der Waals surface area (Å²) in [6.45, 7) is 8.16. The molecule has 1 aromatic heterocycles. The van der Waals surface area contributed by atoms with Crippen molar-refractivity contribution in [3.05, 3.63) is 49.6 Å². The highest BCUT2D eigenvalue weighted by Crippen LogP contribution is 2.58. The fourth-order valence-electron chi connectivity index (χ4n) is 6.57. The Morgan fingerprint density at radius 3 is 2.83 bits per heavy atom. The van der Waals surface area contributed by atoms with Crippen LogP contribution in [0.2, 0.25) is 0 Å². The van der Waals surface area contributed by atoms with Crippen molar-refractivity contribution in [2.75, 3.05) is 26.3 Å². The van der Waals surface area contributed by atoms with Gasteiger partial charge in [-0.1, -0.05) is 29.5 Å². The van der Waals surface area contributed by atoms with Crippen molar-refractivity contribution in [3.8, 4) is 0 Å². The van der Waals surface area contributed by atoms with Gasteiger partial charge in [-0.2, -0.15) is 0 Å². The second kappa shape index (κ2) is 11.9. The van der Waals surface area contributed by atoms with E-state index in [4.69, 9.17) is 9.47 Å². The molecule has 3 aliphatic rings. The number of likely N-dealkylation sites (tertiary alicyclic amines) is 1. The number of carbonyl (C=O) groups excluding carboxylic acids is 3. The second-order valence-corrected chi connectivity index (χ2v) is 10.7. The van der Waals surface area contributed by atoms with Gasteiger partial charge in [0.15, 0.2) is 0 Å². The van der Waals surface area contributed by atoms with E-state index in [-0.39, 0.29) is 44.8 Å². The van der Waals surface area contributed by atoms with Gasteiger partial charge in [-0.25, -0.2) is 4.68 Å². The molecule has 11 nitrogen and oxygen atoms in total. The Morgan fingerprint density at radius 1 is 1.23 bits per heavy atom. The first-order valence-electron chi connectivity index (χ1n) is 14.0. The Bertz CT molecular complexity index is 1280. The van der Waals surface area contributed by atoms with Crippen molar-refractivity contribution in [2.24, 2.45) is 11.8 Å². The number of esters is 1. The minimum atomic E-state index is -1.13. The lowest BCUT2D eigenvalue weighted by Gasteiger charge is -2.36. The predicted octanol–water partition coefficient (Wildman–Crippen LogP) is 2.06. The van der Waals surface area contributed by atoms with E-state index >= 15 is 0 Å².